The van der Waals surface area contributed by atoms with Gasteiger partial charge in [-0.25, -0.2) is 19.2 Å². The van der Waals surface area contributed by atoms with Gasteiger partial charge in [0.1, 0.15) is 0 Å². The van der Waals surface area contributed by atoms with Crippen molar-refractivity contribution >= 4 is 47.1 Å². The SMILES string of the molecule is Cc1cc(N=C=O)cc(N=C=O)c1.O=C=Nc1ccc(Cc2ccc(N=C=O)cc2)cc1. The molecular weight excluding hydrogens is 408 g/mol. The zero-order valence-corrected chi connectivity index (χ0v) is 17.0. The predicted molar refractivity (Wildman–Crippen MR) is 118 cm³/mol. The van der Waals surface area contributed by atoms with Crippen LogP contribution in [0.15, 0.2) is 86.7 Å². The van der Waals surface area contributed by atoms with Crippen molar-refractivity contribution in [1.29, 1.82) is 0 Å². The van der Waals surface area contributed by atoms with Gasteiger partial charge in [0.05, 0.1) is 22.7 Å². The van der Waals surface area contributed by atoms with Crippen molar-refractivity contribution in [3.8, 4) is 0 Å². The average molecular weight is 424 g/mol. The van der Waals surface area contributed by atoms with Gasteiger partial charge < -0.3 is 0 Å². The standard InChI is InChI=1S/C15H10N2O2.C9H6N2O2/c18-10-16-14-5-1-12(2-6-14)9-13-3-7-15(8-4-13)17-11-19;1-7-2-8(10-5-12)4-9(3-7)11-6-13/h1-8H,9H2;2-4H,1H3. The number of hydrogen-bond donors (Lipinski definition) is 0. The summed E-state index contributed by atoms with van der Waals surface area (Å²) < 4.78 is 0. The van der Waals surface area contributed by atoms with Gasteiger partial charge >= 0.3 is 0 Å². The smallest absolute Gasteiger partial charge is 0.211 e. The van der Waals surface area contributed by atoms with Crippen molar-refractivity contribution in [1.82, 2.24) is 0 Å². The van der Waals surface area contributed by atoms with E-state index in [0.29, 0.717) is 22.7 Å². The lowest BCUT2D eigenvalue weighted by Crippen LogP contribution is -1.86. The first-order valence-electron chi connectivity index (χ1n) is 9.19. The van der Waals surface area contributed by atoms with E-state index < -0.39 is 0 Å². The van der Waals surface area contributed by atoms with E-state index in [2.05, 4.69) is 20.0 Å². The van der Waals surface area contributed by atoms with Crippen molar-refractivity contribution in [3.05, 3.63) is 83.4 Å². The molecule has 0 spiro atoms. The fraction of sp³-hybridized carbons (Fsp3) is 0.0833. The first-order chi connectivity index (χ1) is 15.6. The maximum absolute atomic E-state index is 10.1. The second-order valence-electron chi connectivity index (χ2n) is 6.35. The Morgan fingerprint density at radius 2 is 0.875 bits per heavy atom. The van der Waals surface area contributed by atoms with E-state index >= 15 is 0 Å². The van der Waals surface area contributed by atoms with E-state index in [-0.39, 0.29) is 0 Å². The van der Waals surface area contributed by atoms with Crippen molar-refractivity contribution < 1.29 is 19.2 Å². The van der Waals surface area contributed by atoms with Crippen LogP contribution in [-0.2, 0) is 25.6 Å². The van der Waals surface area contributed by atoms with Gasteiger partial charge in [-0.05, 0) is 72.5 Å². The Balaban J connectivity index is 0.000000244. The lowest BCUT2D eigenvalue weighted by molar-refractivity contribution is 0.564. The molecule has 0 aliphatic rings. The molecule has 0 fully saturated rings. The van der Waals surface area contributed by atoms with Crippen LogP contribution < -0.4 is 0 Å². The first kappa shape index (κ1) is 23.5. The highest BCUT2D eigenvalue weighted by atomic mass is 16.1. The molecule has 8 heteroatoms. The van der Waals surface area contributed by atoms with Gasteiger partial charge in [-0.1, -0.05) is 24.3 Å². The minimum absolute atomic E-state index is 0.434. The Kier molecular flexibility index (Phi) is 9.30. The number of rotatable bonds is 6. The first-order valence-corrected chi connectivity index (χ1v) is 9.19. The van der Waals surface area contributed by atoms with Gasteiger partial charge in [-0.15, -0.1) is 0 Å². The summed E-state index contributed by atoms with van der Waals surface area (Å²) in [7, 11) is 0. The van der Waals surface area contributed by atoms with Gasteiger partial charge in [-0.3, -0.25) is 0 Å². The molecule has 0 aliphatic carbocycles. The third kappa shape index (κ3) is 7.90. The Morgan fingerprint density at radius 1 is 0.531 bits per heavy atom. The molecule has 156 valence electrons. The highest BCUT2D eigenvalue weighted by molar-refractivity contribution is 5.60. The van der Waals surface area contributed by atoms with Crippen LogP contribution in [-0.4, -0.2) is 24.3 Å². The van der Waals surface area contributed by atoms with Crippen LogP contribution in [0, 0.1) is 6.92 Å². The summed E-state index contributed by atoms with van der Waals surface area (Å²) in [5.74, 6) is 0. The topological polar surface area (TPSA) is 118 Å². The summed E-state index contributed by atoms with van der Waals surface area (Å²) in [4.78, 5) is 54.0. The fourth-order valence-corrected chi connectivity index (χ4v) is 2.70. The van der Waals surface area contributed by atoms with E-state index in [4.69, 9.17) is 0 Å². The van der Waals surface area contributed by atoms with Crippen molar-refractivity contribution in [2.45, 2.75) is 13.3 Å². The third-order valence-electron chi connectivity index (χ3n) is 4.03. The summed E-state index contributed by atoms with van der Waals surface area (Å²) in [6.07, 6.45) is 6.60. The van der Waals surface area contributed by atoms with Crippen molar-refractivity contribution in [2.24, 2.45) is 20.0 Å². The van der Waals surface area contributed by atoms with E-state index in [0.717, 1.165) is 23.1 Å². The van der Waals surface area contributed by atoms with E-state index in [9.17, 15) is 19.2 Å². The molecular formula is C24H16N4O4. The second kappa shape index (κ2) is 12.7. The summed E-state index contributed by atoms with van der Waals surface area (Å²) in [5, 5.41) is 0. The van der Waals surface area contributed by atoms with E-state index in [1.54, 1.807) is 36.4 Å². The minimum Gasteiger partial charge on any atom is -0.211 e. The van der Waals surface area contributed by atoms with Gasteiger partial charge in [0.15, 0.2) is 0 Å². The number of isocyanates is 4. The molecule has 3 aromatic rings. The molecule has 0 radical (unpaired) electrons. The molecule has 0 atom stereocenters. The van der Waals surface area contributed by atoms with E-state index in [1.807, 2.05) is 31.2 Å². The summed E-state index contributed by atoms with van der Waals surface area (Å²) in [5.41, 5.74) is 5.13. The van der Waals surface area contributed by atoms with Crippen molar-refractivity contribution in [3.63, 3.8) is 0 Å². The molecule has 32 heavy (non-hydrogen) atoms. The summed E-state index contributed by atoms with van der Waals surface area (Å²) in [6, 6.07) is 19.6. The monoisotopic (exact) mass is 424 g/mol. The third-order valence-corrected chi connectivity index (χ3v) is 4.03. The lowest BCUT2D eigenvalue weighted by Gasteiger charge is -2.02. The molecule has 0 aliphatic heterocycles. The zero-order valence-electron chi connectivity index (χ0n) is 17.0. The molecule has 0 amide bonds. The molecule has 0 saturated carbocycles. The van der Waals surface area contributed by atoms with Gasteiger partial charge in [0.2, 0.25) is 24.3 Å². The summed E-state index contributed by atoms with van der Waals surface area (Å²) >= 11 is 0. The zero-order chi connectivity index (χ0) is 23.2. The number of hydrogen-bond acceptors (Lipinski definition) is 8. The quantitative estimate of drug-likeness (QED) is 0.402. The molecule has 0 aromatic heterocycles. The largest absolute Gasteiger partial charge is 0.240 e. The van der Waals surface area contributed by atoms with Gasteiger partial charge in [0, 0.05) is 0 Å². The van der Waals surface area contributed by atoms with Crippen LogP contribution in [0.2, 0.25) is 0 Å². The van der Waals surface area contributed by atoms with Crippen LogP contribution in [0.25, 0.3) is 0 Å². The average Bonchev–Trinajstić information content (AvgIpc) is 2.77. The summed E-state index contributed by atoms with van der Waals surface area (Å²) in [6.45, 7) is 1.81. The molecule has 0 bridgehead atoms. The number of aryl methyl sites for hydroxylation is 1. The molecule has 8 nitrogen and oxygen atoms in total. The van der Waals surface area contributed by atoms with Gasteiger partial charge in [-0.2, -0.15) is 20.0 Å². The molecule has 0 saturated heterocycles. The highest BCUT2D eigenvalue weighted by Crippen LogP contribution is 2.22. The molecule has 3 rings (SSSR count). The number of aliphatic imine (C=N–C) groups is 4. The number of carbonyl (C=O) groups excluding carboxylic acids is 4. The van der Waals surface area contributed by atoms with Crippen molar-refractivity contribution in [2.75, 3.05) is 0 Å². The van der Waals surface area contributed by atoms with Crippen LogP contribution in [0.4, 0.5) is 22.7 Å². The molecule has 3 aromatic carbocycles. The van der Waals surface area contributed by atoms with Crippen LogP contribution in [0.1, 0.15) is 16.7 Å². The van der Waals surface area contributed by atoms with E-state index in [1.165, 1.54) is 30.4 Å². The number of benzene rings is 3. The van der Waals surface area contributed by atoms with Crippen LogP contribution in [0.5, 0.6) is 0 Å². The predicted octanol–water partition coefficient (Wildman–Crippen LogP) is 5.14. The van der Waals surface area contributed by atoms with Gasteiger partial charge in [0.25, 0.3) is 0 Å². The molecule has 0 N–H and O–H groups in total. The Labute approximate surface area is 183 Å². The highest BCUT2D eigenvalue weighted by Gasteiger charge is 1.98. The second-order valence-corrected chi connectivity index (χ2v) is 6.35. The Morgan fingerprint density at radius 3 is 1.22 bits per heavy atom. The van der Waals surface area contributed by atoms with Crippen LogP contribution in [0.3, 0.4) is 0 Å². The fourth-order valence-electron chi connectivity index (χ4n) is 2.70. The Hall–Kier alpha value is -4.82. The Bertz CT molecular complexity index is 1160. The minimum atomic E-state index is 0.434. The van der Waals surface area contributed by atoms with Crippen LogP contribution >= 0.6 is 0 Å². The maximum Gasteiger partial charge on any atom is 0.240 e. The molecule has 0 heterocycles. The molecule has 0 unspecified atom stereocenters. The normalized spacial score (nSPS) is 8.91. The maximum atomic E-state index is 10.1. The number of nitrogens with zero attached hydrogens (tertiary/aromatic N) is 4. The lowest BCUT2D eigenvalue weighted by atomic mass is 10.0.